The fourth-order valence-electron chi connectivity index (χ4n) is 2.29. The number of carbonyl (C=O) groups excluding carboxylic acids is 1. The molecule has 19 heavy (non-hydrogen) atoms. The first-order valence-corrected chi connectivity index (χ1v) is 7.54. The molecule has 1 atom stereocenters. The van der Waals surface area contributed by atoms with Gasteiger partial charge in [0.25, 0.3) is 0 Å². The Morgan fingerprint density at radius 1 is 1.58 bits per heavy atom. The van der Waals surface area contributed by atoms with Crippen molar-refractivity contribution in [3.05, 3.63) is 10.6 Å². The highest BCUT2D eigenvalue weighted by Gasteiger charge is 2.27. The molecule has 1 aliphatic rings. The molecular weight excluding hydrogens is 262 g/mol. The number of hydrogen-bond donors (Lipinski definition) is 2. The summed E-state index contributed by atoms with van der Waals surface area (Å²) in [4.78, 5) is 17.7. The summed E-state index contributed by atoms with van der Waals surface area (Å²) in [5.74, 6) is 0.0729. The van der Waals surface area contributed by atoms with E-state index in [-0.39, 0.29) is 11.8 Å². The predicted octanol–water partition coefficient (Wildman–Crippen LogP) is 1.71. The first-order valence-electron chi connectivity index (χ1n) is 6.72. The van der Waals surface area contributed by atoms with E-state index in [9.17, 15) is 4.79 Å². The van der Waals surface area contributed by atoms with Crippen LogP contribution in [0.4, 0.5) is 5.13 Å². The Morgan fingerprint density at radius 3 is 2.84 bits per heavy atom. The predicted molar refractivity (Wildman–Crippen MR) is 76.4 cm³/mol. The van der Waals surface area contributed by atoms with Gasteiger partial charge in [0, 0.05) is 18.1 Å². The molecule has 2 heterocycles. The van der Waals surface area contributed by atoms with Crippen molar-refractivity contribution in [3.8, 4) is 0 Å². The van der Waals surface area contributed by atoms with Crippen LogP contribution in [0.25, 0.3) is 0 Å². The Kier molecular flexibility index (Phi) is 4.90. The van der Waals surface area contributed by atoms with Gasteiger partial charge in [0.2, 0.25) is 5.91 Å². The molecule has 1 unspecified atom stereocenters. The number of aryl methyl sites for hydroxylation is 2. The molecule has 5 nitrogen and oxygen atoms in total. The van der Waals surface area contributed by atoms with Gasteiger partial charge in [0.05, 0.1) is 11.7 Å². The van der Waals surface area contributed by atoms with E-state index in [1.807, 2.05) is 6.92 Å². The van der Waals surface area contributed by atoms with E-state index in [1.165, 1.54) is 11.3 Å². The third-order valence-electron chi connectivity index (χ3n) is 3.53. The number of aromatic nitrogens is 1. The second-order valence-corrected chi connectivity index (χ2v) is 6.04. The quantitative estimate of drug-likeness (QED) is 0.882. The summed E-state index contributed by atoms with van der Waals surface area (Å²) in [7, 11) is 0. The number of ether oxygens (including phenoxy) is 1. The fourth-order valence-corrected chi connectivity index (χ4v) is 3.19. The van der Waals surface area contributed by atoms with Gasteiger partial charge < -0.3 is 15.8 Å². The van der Waals surface area contributed by atoms with Crippen molar-refractivity contribution in [3.63, 3.8) is 0 Å². The standard InChI is InChI=1S/C13H21N3O2S/c1-3-10-8(2)19-13(15-10)16-12(17)11(14)9-4-6-18-7-5-9/h9,11H,3-7,14H2,1-2H3,(H,15,16,17). The molecule has 1 saturated heterocycles. The largest absolute Gasteiger partial charge is 0.381 e. The maximum Gasteiger partial charge on any atom is 0.243 e. The molecule has 106 valence electrons. The summed E-state index contributed by atoms with van der Waals surface area (Å²) in [5.41, 5.74) is 7.07. The van der Waals surface area contributed by atoms with Crippen LogP contribution < -0.4 is 11.1 Å². The number of thiazole rings is 1. The van der Waals surface area contributed by atoms with Crippen molar-refractivity contribution in [1.29, 1.82) is 0 Å². The Balaban J connectivity index is 1.95. The van der Waals surface area contributed by atoms with Crippen LogP contribution in [-0.4, -0.2) is 30.1 Å². The van der Waals surface area contributed by atoms with Crippen molar-refractivity contribution < 1.29 is 9.53 Å². The second kappa shape index (κ2) is 6.45. The number of carbonyl (C=O) groups is 1. The lowest BCUT2D eigenvalue weighted by Gasteiger charge is -2.26. The van der Waals surface area contributed by atoms with Crippen molar-refractivity contribution in [1.82, 2.24) is 4.98 Å². The average Bonchev–Trinajstić information content (AvgIpc) is 2.78. The minimum absolute atomic E-state index is 0.136. The molecule has 1 aromatic heterocycles. The monoisotopic (exact) mass is 283 g/mol. The van der Waals surface area contributed by atoms with Crippen LogP contribution in [0, 0.1) is 12.8 Å². The highest BCUT2D eigenvalue weighted by atomic mass is 32.1. The minimum Gasteiger partial charge on any atom is -0.381 e. The first kappa shape index (κ1) is 14.4. The molecule has 1 fully saturated rings. The summed E-state index contributed by atoms with van der Waals surface area (Å²) in [6.07, 6.45) is 2.58. The molecule has 1 aliphatic heterocycles. The summed E-state index contributed by atoms with van der Waals surface area (Å²) in [6.45, 7) is 5.47. The molecule has 0 aliphatic carbocycles. The number of hydrogen-bond acceptors (Lipinski definition) is 5. The Labute approximate surface area is 117 Å². The Morgan fingerprint density at radius 2 is 2.26 bits per heavy atom. The molecule has 0 saturated carbocycles. The zero-order chi connectivity index (χ0) is 13.8. The lowest BCUT2D eigenvalue weighted by atomic mass is 9.92. The highest BCUT2D eigenvalue weighted by Crippen LogP contribution is 2.24. The maximum absolute atomic E-state index is 12.1. The molecule has 0 aromatic carbocycles. The molecule has 6 heteroatoms. The number of nitrogens with two attached hydrogens (primary N) is 1. The van der Waals surface area contributed by atoms with Crippen LogP contribution >= 0.6 is 11.3 Å². The zero-order valence-electron chi connectivity index (χ0n) is 11.4. The summed E-state index contributed by atoms with van der Waals surface area (Å²) in [6, 6.07) is -0.474. The van der Waals surface area contributed by atoms with Gasteiger partial charge in [-0.25, -0.2) is 4.98 Å². The Hall–Kier alpha value is -0.980. The molecule has 0 bridgehead atoms. The number of amides is 1. The van der Waals surface area contributed by atoms with E-state index in [2.05, 4.69) is 17.2 Å². The van der Waals surface area contributed by atoms with Gasteiger partial charge in [0.1, 0.15) is 0 Å². The van der Waals surface area contributed by atoms with E-state index in [1.54, 1.807) is 0 Å². The number of rotatable bonds is 4. The van der Waals surface area contributed by atoms with Crippen LogP contribution in [0.15, 0.2) is 0 Å². The van der Waals surface area contributed by atoms with Gasteiger partial charge in [-0.05, 0) is 32.1 Å². The van der Waals surface area contributed by atoms with Crippen LogP contribution in [0.1, 0.15) is 30.3 Å². The molecular formula is C13H21N3O2S. The summed E-state index contributed by atoms with van der Waals surface area (Å²) >= 11 is 1.51. The van der Waals surface area contributed by atoms with Crippen LogP contribution in [0.2, 0.25) is 0 Å². The SMILES string of the molecule is CCc1nc(NC(=O)C(N)C2CCOCC2)sc1C. The van der Waals surface area contributed by atoms with E-state index in [0.29, 0.717) is 18.3 Å². The molecule has 1 amide bonds. The van der Waals surface area contributed by atoms with E-state index < -0.39 is 6.04 Å². The third-order valence-corrected chi connectivity index (χ3v) is 4.46. The van der Waals surface area contributed by atoms with Gasteiger partial charge in [0.15, 0.2) is 5.13 Å². The van der Waals surface area contributed by atoms with Gasteiger partial charge >= 0.3 is 0 Å². The number of nitrogens with one attached hydrogen (secondary N) is 1. The molecule has 1 aromatic rings. The molecule has 3 N–H and O–H groups in total. The van der Waals surface area contributed by atoms with Crippen LogP contribution in [0.5, 0.6) is 0 Å². The Bertz CT molecular complexity index is 441. The van der Waals surface area contributed by atoms with Gasteiger partial charge in [-0.2, -0.15) is 0 Å². The lowest BCUT2D eigenvalue weighted by molar-refractivity contribution is -0.119. The molecule has 0 spiro atoms. The topological polar surface area (TPSA) is 77.2 Å². The normalized spacial score (nSPS) is 18.3. The van der Waals surface area contributed by atoms with Crippen molar-refractivity contribution in [2.75, 3.05) is 18.5 Å². The van der Waals surface area contributed by atoms with Crippen LogP contribution in [-0.2, 0) is 16.0 Å². The van der Waals surface area contributed by atoms with Crippen LogP contribution in [0.3, 0.4) is 0 Å². The smallest absolute Gasteiger partial charge is 0.243 e. The number of anilines is 1. The highest BCUT2D eigenvalue weighted by molar-refractivity contribution is 7.15. The average molecular weight is 283 g/mol. The van der Waals surface area contributed by atoms with E-state index in [4.69, 9.17) is 10.5 Å². The fraction of sp³-hybridized carbons (Fsp3) is 0.692. The lowest BCUT2D eigenvalue weighted by Crippen LogP contribution is -2.43. The summed E-state index contributed by atoms with van der Waals surface area (Å²) < 4.78 is 5.28. The summed E-state index contributed by atoms with van der Waals surface area (Å²) in [5, 5.41) is 3.49. The van der Waals surface area contributed by atoms with Crippen molar-refractivity contribution >= 4 is 22.4 Å². The van der Waals surface area contributed by atoms with Gasteiger partial charge in [-0.3, -0.25) is 4.79 Å². The van der Waals surface area contributed by atoms with Crippen molar-refractivity contribution in [2.24, 2.45) is 11.7 Å². The molecule has 0 radical (unpaired) electrons. The van der Waals surface area contributed by atoms with Gasteiger partial charge in [-0.15, -0.1) is 11.3 Å². The van der Waals surface area contributed by atoms with Gasteiger partial charge in [-0.1, -0.05) is 6.92 Å². The first-order chi connectivity index (χ1) is 9.11. The number of nitrogens with zero attached hydrogens (tertiary/aromatic N) is 1. The van der Waals surface area contributed by atoms with E-state index >= 15 is 0 Å². The zero-order valence-corrected chi connectivity index (χ0v) is 12.3. The van der Waals surface area contributed by atoms with E-state index in [0.717, 1.165) is 29.8 Å². The molecule has 2 rings (SSSR count). The van der Waals surface area contributed by atoms with Crippen molar-refractivity contribution in [2.45, 2.75) is 39.2 Å². The minimum atomic E-state index is -0.474. The third kappa shape index (κ3) is 3.52. The second-order valence-electron chi connectivity index (χ2n) is 4.84. The maximum atomic E-state index is 12.1.